The van der Waals surface area contributed by atoms with E-state index < -0.39 is 6.10 Å². The summed E-state index contributed by atoms with van der Waals surface area (Å²) in [5.41, 5.74) is 5.30. The molecule has 0 bridgehead atoms. The van der Waals surface area contributed by atoms with Crippen molar-refractivity contribution in [3.05, 3.63) is 89.0 Å². The first kappa shape index (κ1) is 21.1. The number of hydrogen-bond acceptors (Lipinski definition) is 3. The van der Waals surface area contributed by atoms with Gasteiger partial charge in [-0.05, 0) is 75.7 Å². The molecule has 0 saturated carbocycles. The van der Waals surface area contributed by atoms with Crippen molar-refractivity contribution in [1.82, 2.24) is 0 Å². The zero-order chi connectivity index (χ0) is 21.7. The van der Waals surface area contributed by atoms with Gasteiger partial charge in [-0.2, -0.15) is 0 Å². The van der Waals surface area contributed by atoms with Gasteiger partial charge >= 0.3 is 0 Å². The molecular weight excluding hydrogens is 376 g/mol. The van der Waals surface area contributed by atoms with Crippen LogP contribution in [0.3, 0.4) is 0 Å². The fourth-order valence-electron chi connectivity index (χ4n) is 2.97. The predicted molar refractivity (Wildman–Crippen MR) is 120 cm³/mol. The molecule has 0 aliphatic heterocycles. The largest absolute Gasteiger partial charge is 0.481 e. The van der Waals surface area contributed by atoms with E-state index in [9.17, 15) is 9.59 Å². The maximum atomic E-state index is 12.5. The van der Waals surface area contributed by atoms with Gasteiger partial charge in [0.2, 0.25) is 0 Å². The third kappa shape index (κ3) is 5.47. The minimum atomic E-state index is -0.679. The van der Waals surface area contributed by atoms with E-state index in [4.69, 9.17) is 4.74 Å². The molecule has 0 aromatic heterocycles. The van der Waals surface area contributed by atoms with Crippen molar-refractivity contribution in [1.29, 1.82) is 0 Å². The molecule has 3 rings (SSSR count). The van der Waals surface area contributed by atoms with Gasteiger partial charge in [0.25, 0.3) is 11.8 Å². The number of nitrogens with one attached hydrogen (secondary N) is 2. The van der Waals surface area contributed by atoms with Gasteiger partial charge in [-0.3, -0.25) is 9.59 Å². The van der Waals surface area contributed by atoms with Gasteiger partial charge < -0.3 is 15.4 Å². The zero-order valence-corrected chi connectivity index (χ0v) is 17.7. The smallest absolute Gasteiger partial charge is 0.265 e. The summed E-state index contributed by atoms with van der Waals surface area (Å²) in [6.45, 7) is 7.65. The van der Waals surface area contributed by atoms with Crippen LogP contribution in [0, 0.1) is 20.8 Å². The van der Waals surface area contributed by atoms with Crippen LogP contribution in [0.15, 0.2) is 66.7 Å². The zero-order valence-electron chi connectivity index (χ0n) is 17.7. The van der Waals surface area contributed by atoms with Crippen molar-refractivity contribution >= 4 is 23.2 Å². The van der Waals surface area contributed by atoms with Gasteiger partial charge in [0.1, 0.15) is 5.75 Å². The molecular formula is C25H26N2O3. The van der Waals surface area contributed by atoms with Gasteiger partial charge in [-0.25, -0.2) is 0 Å². The van der Waals surface area contributed by atoms with Gasteiger partial charge in [-0.1, -0.05) is 35.4 Å². The van der Waals surface area contributed by atoms with E-state index in [0.717, 1.165) is 28.1 Å². The van der Waals surface area contributed by atoms with Gasteiger partial charge in [0.15, 0.2) is 6.10 Å². The number of benzene rings is 3. The first-order valence-electron chi connectivity index (χ1n) is 9.84. The second kappa shape index (κ2) is 9.27. The molecule has 1 unspecified atom stereocenters. The van der Waals surface area contributed by atoms with Crippen molar-refractivity contribution < 1.29 is 14.3 Å². The van der Waals surface area contributed by atoms with Crippen molar-refractivity contribution in [2.45, 2.75) is 33.8 Å². The van der Waals surface area contributed by atoms with Crippen molar-refractivity contribution in [2.75, 3.05) is 10.6 Å². The van der Waals surface area contributed by atoms with Crippen LogP contribution in [0.1, 0.15) is 34.0 Å². The average molecular weight is 402 g/mol. The van der Waals surface area contributed by atoms with Crippen molar-refractivity contribution in [3.63, 3.8) is 0 Å². The minimum absolute atomic E-state index is 0.196. The summed E-state index contributed by atoms with van der Waals surface area (Å²) in [6, 6.07) is 20.2. The highest BCUT2D eigenvalue weighted by molar-refractivity contribution is 6.04. The number of carbonyl (C=O) groups is 2. The van der Waals surface area contributed by atoms with Crippen molar-refractivity contribution in [3.8, 4) is 5.75 Å². The Bertz CT molecular complexity index is 1040. The second-order valence-corrected chi connectivity index (χ2v) is 7.41. The molecule has 30 heavy (non-hydrogen) atoms. The van der Waals surface area contributed by atoms with Crippen molar-refractivity contribution in [2.24, 2.45) is 0 Å². The standard InChI is InChI=1S/C25H26N2O3/c1-16-5-10-21(11-6-16)26-24(28)19(4)30-22-12-8-20(9-13-22)25(29)27-23-14-7-17(2)15-18(23)3/h5-15,19H,1-4H3,(H,26,28)(H,27,29). The highest BCUT2D eigenvalue weighted by Gasteiger charge is 2.15. The second-order valence-electron chi connectivity index (χ2n) is 7.41. The van der Waals surface area contributed by atoms with E-state index in [-0.39, 0.29) is 11.8 Å². The van der Waals surface area contributed by atoms with E-state index in [1.54, 1.807) is 31.2 Å². The van der Waals surface area contributed by atoms with Crippen LogP contribution in [0.4, 0.5) is 11.4 Å². The maximum Gasteiger partial charge on any atom is 0.265 e. The molecule has 0 aliphatic rings. The minimum Gasteiger partial charge on any atom is -0.481 e. The molecule has 154 valence electrons. The van der Waals surface area contributed by atoms with E-state index in [1.807, 2.05) is 63.2 Å². The first-order chi connectivity index (χ1) is 14.3. The third-order valence-electron chi connectivity index (χ3n) is 4.75. The van der Waals surface area contributed by atoms with Crippen LogP contribution in [0.2, 0.25) is 0 Å². The quantitative estimate of drug-likeness (QED) is 0.590. The topological polar surface area (TPSA) is 67.4 Å². The summed E-state index contributed by atoms with van der Waals surface area (Å²) in [5.74, 6) is 0.0822. The summed E-state index contributed by atoms with van der Waals surface area (Å²) in [7, 11) is 0. The summed E-state index contributed by atoms with van der Waals surface area (Å²) in [4.78, 5) is 24.8. The average Bonchev–Trinajstić information content (AvgIpc) is 2.72. The lowest BCUT2D eigenvalue weighted by Gasteiger charge is -2.15. The number of rotatable bonds is 6. The highest BCUT2D eigenvalue weighted by atomic mass is 16.5. The van der Waals surface area contributed by atoms with E-state index in [2.05, 4.69) is 10.6 Å². The Labute approximate surface area is 177 Å². The number of carbonyl (C=O) groups excluding carboxylic acids is 2. The van der Waals surface area contributed by atoms with E-state index in [0.29, 0.717) is 11.3 Å². The molecule has 2 amide bonds. The lowest BCUT2D eigenvalue weighted by atomic mass is 10.1. The molecule has 0 saturated heterocycles. The van der Waals surface area contributed by atoms with Crippen LogP contribution in [-0.4, -0.2) is 17.9 Å². The lowest BCUT2D eigenvalue weighted by molar-refractivity contribution is -0.122. The van der Waals surface area contributed by atoms with E-state index in [1.165, 1.54) is 0 Å². The Kier molecular flexibility index (Phi) is 6.52. The molecule has 3 aromatic rings. The molecule has 0 radical (unpaired) electrons. The van der Waals surface area contributed by atoms with Crippen LogP contribution in [-0.2, 0) is 4.79 Å². The number of amides is 2. The maximum absolute atomic E-state index is 12.5. The SMILES string of the molecule is Cc1ccc(NC(=O)C(C)Oc2ccc(C(=O)Nc3ccc(C)cc3C)cc2)cc1. The fraction of sp³-hybridized carbons (Fsp3) is 0.200. The molecule has 0 spiro atoms. The Morgan fingerprint density at radius 2 is 1.43 bits per heavy atom. The molecule has 1 atom stereocenters. The fourth-order valence-corrected chi connectivity index (χ4v) is 2.97. The van der Waals surface area contributed by atoms with Crippen LogP contribution in [0.25, 0.3) is 0 Å². The molecule has 5 heteroatoms. The van der Waals surface area contributed by atoms with Gasteiger partial charge in [-0.15, -0.1) is 0 Å². The third-order valence-corrected chi connectivity index (χ3v) is 4.75. The summed E-state index contributed by atoms with van der Waals surface area (Å²) in [6.07, 6.45) is -0.679. The molecule has 2 N–H and O–H groups in total. The van der Waals surface area contributed by atoms with Gasteiger partial charge in [0.05, 0.1) is 0 Å². The normalized spacial score (nSPS) is 11.5. The Hall–Kier alpha value is -3.60. The summed E-state index contributed by atoms with van der Waals surface area (Å²) in [5, 5.41) is 5.75. The Morgan fingerprint density at radius 1 is 0.800 bits per heavy atom. The van der Waals surface area contributed by atoms with Gasteiger partial charge in [0, 0.05) is 16.9 Å². The van der Waals surface area contributed by atoms with E-state index >= 15 is 0 Å². The number of ether oxygens (including phenoxy) is 1. The Balaban J connectivity index is 1.58. The summed E-state index contributed by atoms with van der Waals surface area (Å²) < 4.78 is 5.71. The monoisotopic (exact) mass is 402 g/mol. The summed E-state index contributed by atoms with van der Waals surface area (Å²) >= 11 is 0. The molecule has 0 fully saturated rings. The lowest BCUT2D eigenvalue weighted by Crippen LogP contribution is -2.30. The first-order valence-corrected chi connectivity index (χ1v) is 9.84. The highest BCUT2D eigenvalue weighted by Crippen LogP contribution is 2.19. The molecule has 0 heterocycles. The Morgan fingerprint density at radius 3 is 2.07 bits per heavy atom. The molecule has 0 aliphatic carbocycles. The molecule has 5 nitrogen and oxygen atoms in total. The molecule has 3 aromatic carbocycles. The predicted octanol–water partition coefficient (Wildman–Crippen LogP) is 5.27. The number of hydrogen-bond donors (Lipinski definition) is 2. The van der Waals surface area contributed by atoms with Crippen LogP contribution < -0.4 is 15.4 Å². The van der Waals surface area contributed by atoms with Crippen LogP contribution in [0.5, 0.6) is 5.75 Å². The number of aryl methyl sites for hydroxylation is 3. The van der Waals surface area contributed by atoms with Crippen LogP contribution >= 0.6 is 0 Å². The number of anilines is 2.